The largest absolute Gasteiger partial charge is 0.453 e. The maximum atomic E-state index is 13.9. The van der Waals surface area contributed by atoms with E-state index in [9.17, 15) is 9.59 Å². The number of hydrogen-bond acceptors (Lipinski definition) is 8. The summed E-state index contributed by atoms with van der Waals surface area (Å²) < 4.78 is 10.7. The van der Waals surface area contributed by atoms with Crippen LogP contribution in [0, 0.1) is 0 Å². The summed E-state index contributed by atoms with van der Waals surface area (Å²) in [5, 5.41) is 2.61. The molecule has 2 N–H and O–H groups in total. The smallest absolute Gasteiger partial charge is 0.332 e. The average molecular weight is 506 g/mol. The Kier molecular flexibility index (Phi) is 5.53. The number of aromatic nitrogens is 4. The summed E-state index contributed by atoms with van der Waals surface area (Å²) in [7, 11) is 1.66. The molecule has 4 aromatic rings. The van der Waals surface area contributed by atoms with E-state index in [0.717, 1.165) is 24.9 Å². The number of ether oxygens (including phenoxy) is 1. The standard InChI is InChI=1S/C25H27N7O3S/c1-3-31-20-21(28-24(31)30-11-6-7-15(26)13-30)29(2)25(34)32(23(20)33)14-17-16-8-4-5-9-18(16)35-19-10-12-36-22(19)27-17/h4-5,8-10,12,15H,3,6-7,11,13-14,26H2,1-2H3. The zero-order valence-electron chi connectivity index (χ0n) is 20.2. The minimum Gasteiger partial charge on any atom is -0.453 e. The third-order valence-electron chi connectivity index (χ3n) is 6.84. The van der Waals surface area contributed by atoms with E-state index in [2.05, 4.69) is 4.90 Å². The van der Waals surface area contributed by atoms with Crippen molar-refractivity contribution >= 4 is 39.2 Å². The van der Waals surface area contributed by atoms with Crippen molar-refractivity contribution in [1.82, 2.24) is 18.7 Å². The first-order valence-corrected chi connectivity index (χ1v) is 13.0. The van der Waals surface area contributed by atoms with E-state index in [1.165, 1.54) is 20.5 Å². The summed E-state index contributed by atoms with van der Waals surface area (Å²) in [6.07, 6.45) is 1.93. The van der Waals surface area contributed by atoms with Crippen LogP contribution in [-0.4, -0.2) is 43.5 Å². The Morgan fingerprint density at radius 2 is 2.00 bits per heavy atom. The lowest BCUT2D eigenvalue weighted by molar-refractivity contribution is 0.486. The molecule has 0 radical (unpaired) electrons. The van der Waals surface area contributed by atoms with E-state index in [4.69, 9.17) is 20.4 Å². The molecule has 0 amide bonds. The van der Waals surface area contributed by atoms with Crippen LogP contribution in [0.2, 0.25) is 0 Å². The Balaban J connectivity index is 1.52. The van der Waals surface area contributed by atoms with Gasteiger partial charge in [-0.25, -0.2) is 9.79 Å². The third kappa shape index (κ3) is 3.58. The van der Waals surface area contributed by atoms with Crippen molar-refractivity contribution in [3.8, 4) is 11.5 Å². The normalized spacial score (nSPS) is 17.4. The second-order valence-corrected chi connectivity index (χ2v) is 10.1. The van der Waals surface area contributed by atoms with Gasteiger partial charge in [0, 0.05) is 38.3 Å². The Morgan fingerprint density at radius 1 is 1.17 bits per heavy atom. The molecular weight excluding hydrogens is 478 g/mol. The number of nitrogens with two attached hydrogens (primary N) is 1. The lowest BCUT2D eigenvalue weighted by atomic mass is 10.1. The minimum absolute atomic E-state index is 0.0119. The molecule has 0 saturated carbocycles. The molecular formula is C25H27N7O3S. The maximum absolute atomic E-state index is 13.9. The topological polar surface area (TPSA) is 113 Å². The molecule has 1 saturated heterocycles. The first-order chi connectivity index (χ1) is 17.5. The Bertz CT molecular complexity index is 1630. The number of aliphatic imine (C=N–C) groups is 1. The van der Waals surface area contributed by atoms with Crippen molar-refractivity contribution < 1.29 is 4.74 Å². The van der Waals surface area contributed by atoms with Gasteiger partial charge in [0.2, 0.25) is 5.95 Å². The number of rotatable bonds is 4. The van der Waals surface area contributed by atoms with E-state index in [0.29, 0.717) is 52.4 Å². The van der Waals surface area contributed by atoms with Crippen LogP contribution in [0.25, 0.3) is 11.2 Å². The van der Waals surface area contributed by atoms with Crippen LogP contribution >= 0.6 is 11.3 Å². The molecule has 2 aliphatic heterocycles. The van der Waals surface area contributed by atoms with Crippen molar-refractivity contribution in [2.45, 2.75) is 38.9 Å². The number of thiophene rings is 1. The number of para-hydroxylation sites is 1. The van der Waals surface area contributed by atoms with Crippen molar-refractivity contribution in [2.24, 2.45) is 17.8 Å². The molecule has 11 heteroatoms. The molecule has 0 aliphatic carbocycles. The van der Waals surface area contributed by atoms with Gasteiger partial charge in [-0.05, 0) is 43.3 Å². The summed E-state index contributed by atoms with van der Waals surface area (Å²) in [5.74, 6) is 1.98. The predicted octanol–water partition coefficient (Wildman–Crippen LogP) is 2.83. The van der Waals surface area contributed by atoms with Crippen LogP contribution in [0.4, 0.5) is 10.9 Å². The monoisotopic (exact) mass is 505 g/mol. The van der Waals surface area contributed by atoms with Crippen LogP contribution in [0.1, 0.15) is 25.3 Å². The Morgan fingerprint density at radius 3 is 2.81 bits per heavy atom. The fourth-order valence-electron chi connectivity index (χ4n) is 5.05. The van der Waals surface area contributed by atoms with Gasteiger partial charge in [0.1, 0.15) is 5.75 Å². The molecule has 5 heterocycles. The van der Waals surface area contributed by atoms with Gasteiger partial charge in [0.15, 0.2) is 21.9 Å². The average Bonchev–Trinajstić information content (AvgIpc) is 3.46. The van der Waals surface area contributed by atoms with Crippen LogP contribution in [0.5, 0.6) is 11.5 Å². The summed E-state index contributed by atoms with van der Waals surface area (Å²) in [4.78, 5) is 39.0. The molecule has 6 rings (SSSR count). The van der Waals surface area contributed by atoms with Gasteiger partial charge in [-0.1, -0.05) is 12.1 Å². The van der Waals surface area contributed by atoms with E-state index in [1.807, 2.05) is 47.2 Å². The molecule has 3 aromatic heterocycles. The van der Waals surface area contributed by atoms with Gasteiger partial charge in [0.05, 0.1) is 12.3 Å². The number of imidazole rings is 1. The molecule has 1 fully saturated rings. The lowest BCUT2D eigenvalue weighted by Crippen LogP contribution is -2.44. The number of piperidine rings is 1. The van der Waals surface area contributed by atoms with E-state index >= 15 is 0 Å². The maximum Gasteiger partial charge on any atom is 0.332 e. The molecule has 0 spiro atoms. The highest BCUT2D eigenvalue weighted by Crippen LogP contribution is 2.41. The first-order valence-electron chi connectivity index (χ1n) is 12.1. The summed E-state index contributed by atoms with van der Waals surface area (Å²) in [5.41, 5.74) is 7.53. The van der Waals surface area contributed by atoms with Crippen LogP contribution in [-0.2, 0) is 20.1 Å². The van der Waals surface area contributed by atoms with Gasteiger partial charge >= 0.3 is 5.69 Å². The van der Waals surface area contributed by atoms with E-state index < -0.39 is 5.69 Å². The van der Waals surface area contributed by atoms with Crippen LogP contribution in [0.15, 0.2) is 50.3 Å². The second-order valence-electron chi connectivity index (χ2n) is 9.16. The fraction of sp³-hybridized carbons (Fsp3) is 0.360. The SMILES string of the molecule is CCn1c(N2CCCC(N)C2)nc2c1c(=O)n(CC1=Nc3sccc3Oc3ccccc31)c(=O)n2C. The number of benzene rings is 1. The molecule has 2 aliphatic rings. The second kappa shape index (κ2) is 8.75. The van der Waals surface area contributed by atoms with Crippen LogP contribution < -0.4 is 26.6 Å². The quantitative estimate of drug-likeness (QED) is 0.456. The Labute approximate surface area is 210 Å². The van der Waals surface area contributed by atoms with Crippen LogP contribution in [0.3, 0.4) is 0 Å². The lowest BCUT2D eigenvalue weighted by Gasteiger charge is -2.31. The zero-order valence-corrected chi connectivity index (χ0v) is 21.0. The van der Waals surface area contributed by atoms with Crippen molar-refractivity contribution in [3.63, 3.8) is 0 Å². The summed E-state index contributed by atoms with van der Waals surface area (Å²) >= 11 is 1.45. The van der Waals surface area contributed by atoms with E-state index in [1.54, 1.807) is 7.05 Å². The van der Waals surface area contributed by atoms with E-state index in [-0.39, 0.29) is 18.1 Å². The van der Waals surface area contributed by atoms with Gasteiger partial charge in [-0.15, -0.1) is 11.3 Å². The highest BCUT2D eigenvalue weighted by molar-refractivity contribution is 7.14. The number of fused-ring (bicyclic) bond motifs is 3. The number of hydrogen-bond donors (Lipinski definition) is 1. The first kappa shape index (κ1) is 22.7. The van der Waals surface area contributed by atoms with Crippen molar-refractivity contribution in [1.29, 1.82) is 0 Å². The molecule has 1 unspecified atom stereocenters. The molecule has 0 bridgehead atoms. The molecule has 1 atom stereocenters. The minimum atomic E-state index is -0.438. The fourth-order valence-corrected chi connectivity index (χ4v) is 5.76. The number of anilines is 1. The van der Waals surface area contributed by atoms with Gasteiger partial charge in [-0.2, -0.15) is 4.98 Å². The number of nitrogens with zero attached hydrogens (tertiary/aromatic N) is 6. The zero-order chi connectivity index (χ0) is 25.0. The molecule has 1 aromatic carbocycles. The van der Waals surface area contributed by atoms with Gasteiger partial charge in [0.25, 0.3) is 5.56 Å². The summed E-state index contributed by atoms with van der Waals surface area (Å²) in [6.45, 7) is 4.02. The van der Waals surface area contributed by atoms with Gasteiger partial charge < -0.3 is 19.9 Å². The molecule has 36 heavy (non-hydrogen) atoms. The predicted molar refractivity (Wildman–Crippen MR) is 141 cm³/mol. The van der Waals surface area contributed by atoms with Crippen molar-refractivity contribution in [3.05, 3.63) is 62.1 Å². The summed E-state index contributed by atoms with van der Waals surface area (Å²) in [6, 6.07) is 9.47. The van der Waals surface area contributed by atoms with Gasteiger partial charge in [-0.3, -0.25) is 13.9 Å². The number of aryl methyl sites for hydroxylation is 2. The molecule has 10 nitrogen and oxygen atoms in total. The molecule has 186 valence electrons. The van der Waals surface area contributed by atoms with Crippen molar-refractivity contribution in [2.75, 3.05) is 18.0 Å². The highest BCUT2D eigenvalue weighted by Gasteiger charge is 2.27. The highest BCUT2D eigenvalue weighted by atomic mass is 32.1. The third-order valence-corrected chi connectivity index (χ3v) is 7.63. The Hall–Kier alpha value is -3.70.